The van der Waals surface area contributed by atoms with Gasteiger partial charge >= 0.3 is 0 Å². The Bertz CT molecular complexity index is 231. The highest BCUT2D eigenvalue weighted by Gasteiger charge is 2.06. The molecule has 12 heavy (non-hydrogen) atoms. The zero-order valence-corrected chi connectivity index (χ0v) is 6.92. The van der Waals surface area contributed by atoms with E-state index in [1.54, 1.807) is 19.2 Å². The van der Waals surface area contributed by atoms with Crippen molar-refractivity contribution in [3.63, 3.8) is 0 Å². The van der Waals surface area contributed by atoms with Crippen molar-refractivity contribution in [3.8, 4) is 0 Å². The summed E-state index contributed by atoms with van der Waals surface area (Å²) in [6.07, 6.45) is 0. The average Bonchev–Trinajstić information content (AvgIpc) is 2.10. The van der Waals surface area contributed by atoms with E-state index < -0.39 is 0 Å². The van der Waals surface area contributed by atoms with E-state index >= 15 is 0 Å². The molecule has 0 radical (unpaired) electrons. The van der Waals surface area contributed by atoms with Gasteiger partial charge in [0.2, 0.25) is 0 Å². The molecule has 0 aromatic heterocycles. The van der Waals surface area contributed by atoms with Gasteiger partial charge in [-0.2, -0.15) is 0 Å². The Balaban J connectivity index is 2.80. The molecule has 2 N–H and O–H groups in total. The van der Waals surface area contributed by atoms with Crippen molar-refractivity contribution >= 4 is 0 Å². The van der Waals surface area contributed by atoms with Crippen LogP contribution in [0.5, 0.6) is 0 Å². The molecule has 0 fully saturated rings. The monoisotopic (exact) mass is 169 g/mol. The fourth-order valence-corrected chi connectivity index (χ4v) is 1.06. The molecule has 0 bridgehead atoms. The second-order valence-electron chi connectivity index (χ2n) is 2.58. The standard InChI is InChI=1S/C9H12FNO/c1-11-9(6-12)7-2-4-8(10)5-3-7/h2-5,9,11-12H,6H2,1H3. The van der Waals surface area contributed by atoms with Crippen molar-refractivity contribution < 1.29 is 9.50 Å². The van der Waals surface area contributed by atoms with Gasteiger partial charge in [0.15, 0.2) is 0 Å². The van der Waals surface area contributed by atoms with Crippen LogP contribution in [0.1, 0.15) is 11.6 Å². The molecule has 2 nitrogen and oxygen atoms in total. The minimum atomic E-state index is -0.258. The Morgan fingerprint density at radius 2 is 2.00 bits per heavy atom. The molecule has 0 spiro atoms. The van der Waals surface area contributed by atoms with Gasteiger partial charge in [-0.3, -0.25) is 0 Å². The van der Waals surface area contributed by atoms with E-state index in [4.69, 9.17) is 5.11 Å². The van der Waals surface area contributed by atoms with Gasteiger partial charge < -0.3 is 10.4 Å². The maximum Gasteiger partial charge on any atom is 0.123 e. The van der Waals surface area contributed by atoms with E-state index in [0.717, 1.165) is 5.56 Å². The first-order valence-electron chi connectivity index (χ1n) is 3.81. The van der Waals surface area contributed by atoms with Crippen LogP contribution in [-0.4, -0.2) is 18.8 Å². The zero-order valence-electron chi connectivity index (χ0n) is 6.92. The number of rotatable bonds is 3. The molecule has 0 saturated carbocycles. The third-order valence-corrected chi connectivity index (χ3v) is 1.80. The molecular formula is C9H12FNO. The molecule has 0 amide bonds. The SMILES string of the molecule is CNC(CO)c1ccc(F)cc1. The Kier molecular flexibility index (Phi) is 3.19. The van der Waals surface area contributed by atoms with Gasteiger partial charge in [-0.15, -0.1) is 0 Å². The Morgan fingerprint density at radius 1 is 1.42 bits per heavy atom. The van der Waals surface area contributed by atoms with Crippen LogP contribution in [-0.2, 0) is 0 Å². The summed E-state index contributed by atoms with van der Waals surface area (Å²) in [5, 5.41) is 11.8. The fraction of sp³-hybridized carbons (Fsp3) is 0.333. The molecule has 3 heteroatoms. The second kappa shape index (κ2) is 4.18. The molecule has 1 atom stereocenters. The lowest BCUT2D eigenvalue weighted by Crippen LogP contribution is -2.19. The van der Waals surface area contributed by atoms with Crippen molar-refractivity contribution in [2.45, 2.75) is 6.04 Å². The molecule has 1 rings (SSSR count). The average molecular weight is 169 g/mol. The largest absolute Gasteiger partial charge is 0.394 e. The van der Waals surface area contributed by atoms with Crippen LogP contribution >= 0.6 is 0 Å². The van der Waals surface area contributed by atoms with Gasteiger partial charge in [0.25, 0.3) is 0 Å². The molecular weight excluding hydrogens is 157 g/mol. The lowest BCUT2D eigenvalue weighted by atomic mass is 10.1. The molecule has 0 aliphatic rings. The van der Waals surface area contributed by atoms with E-state index in [9.17, 15) is 4.39 Å². The molecule has 1 unspecified atom stereocenters. The summed E-state index contributed by atoms with van der Waals surface area (Å²) in [6.45, 7) is 0.0160. The fourth-order valence-electron chi connectivity index (χ4n) is 1.06. The first-order valence-corrected chi connectivity index (χ1v) is 3.81. The third-order valence-electron chi connectivity index (χ3n) is 1.80. The number of hydrogen-bond acceptors (Lipinski definition) is 2. The number of benzene rings is 1. The predicted molar refractivity (Wildman–Crippen MR) is 45.3 cm³/mol. The molecule has 0 saturated heterocycles. The van der Waals surface area contributed by atoms with Gasteiger partial charge in [-0.1, -0.05) is 12.1 Å². The van der Waals surface area contributed by atoms with Crippen LogP contribution in [0.25, 0.3) is 0 Å². The van der Waals surface area contributed by atoms with Crippen molar-refractivity contribution in [2.75, 3.05) is 13.7 Å². The first-order chi connectivity index (χ1) is 5.77. The van der Waals surface area contributed by atoms with Crippen molar-refractivity contribution in [2.24, 2.45) is 0 Å². The number of nitrogens with one attached hydrogen (secondary N) is 1. The first kappa shape index (κ1) is 9.16. The molecule has 0 heterocycles. The van der Waals surface area contributed by atoms with Crippen LogP contribution < -0.4 is 5.32 Å². The smallest absolute Gasteiger partial charge is 0.123 e. The third kappa shape index (κ3) is 2.03. The number of aliphatic hydroxyl groups excluding tert-OH is 1. The molecule has 1 aromatic rings. The normalized spacial score (nSPS) is 12.9. The maximum atomic E-state index is 12.5. The summed E-state index contributed by atoms with van der Waals surface area (Å²) >= 11 is 0. The minimum absolute atomic E-state index is 0.0160. The molecule has 0 aliphatic carbocycles. The summed E-state index contributed by atoms with van der Waals surface area (Å²) in [5.41, 5.74) is 0.890. The van der Waals surface area contributed by atoms with Crippen molar-refractivity contribution in [3.05, 3.63) is 35.6 Å². The van der Waals surface area contributed by atoms with Gasteiger partial charge in [0.1, 0.15) is 5.82 Å². The Hall–Kier alpha value is -0.930. The van der Waals surface area contributed by atoms with E-state index in [1.807, 2.05) is 0 Å². The Morgan fingerprint density at radius 3 is 2.42 bits per heavy atom. The number of halogens is 1. The summed E-state index contributed by atoms with van der Waals surface area (Å²) in [4.78, 5) is 0. The highest BCUT2D eigenvalue weighted by atomic mass is 19.1. The number of hydrogen-bond donors (Lipinski definition) is 2. The highest BCUT2D eigenvalue weighted by Crippen LogP contribution is 2.11. The second-order valence-corrected chi connectivity index (χ2v) is 2.58. The summed E-state index contributed by atoms with van der Waals surface area (Å²) in [7, 11) is 1.75. The lowest BCUT2D eigenvalue weighted by molar-refractivity contribution is 0.251. The van der Waals surface area contributed by atoms with Crippen LogP contribution in [0.15, 0.2) is 24.3 Å². The van der Waals surface area contributed by atoms with E-state index in [0.29, 0.717) is 0 Å². The van der Waals surface area contributed by atoms with Crippen molar-refractivity contribution in [1.82, 2.24) is 5.32 Å². The van der Waals surface area contributed by atoms with Crippen LogP contribution in [0.4, 0.5) is 4.39 Å². The van der Waals surface area contributed by atoms with E-state index in [2.05, 4.69) is 5.32 Å². The molecule has 66 valence electrons. The summed E-state index contributed by atoms with van der Waals surface area (Å²) < 4.78 is 12.5. The van der Waals surface area contributed by atoms with Gasteiger partial charge in [0, 0.05) is 0 Å². The van der Waals surface area contributed by atoms with Crippen LogP contribution in [0.2, 0.25) is 0 Å². The Labute approximate surface area is 71.0 Å². The predicted octanol–water partition coefficient (Wildman–Crippen LogP) is 1.08. The van der Waals surface area contributed by atoms with Crippen LogP contribution in [0, 0.1) is 5.82 Å². The summed E-state index contributed by atoms with van der Waals surface area (Å²) in [6, 6.07) is 5.98. The summed E-state index contributed by atoms with van der Waals surface area (Å²) in [5.74, 6) is -0.258. The number of aliphatic hydroxyl groups is 1. The highest BCUT2D eigenvalue weighted by molar-refractivity contribution is 5.19. The van der Waals surface area contributed by atoms with Gasteiger partial charge in [-0.25, -0.2) is 4.39 Å². The van der Waals surface area contributed by atoms with Crippen molar-refractivity contribution in [1.29, 1.82) is 0 Å². The van der Waals surface area contributed by atoms with E-state index in [1.165, 1.54) is 12.1 Å². The topological polar surface area (TPSA) is 32.3 Å². The number of likely N-dealkylation sites (N-methyl/N-ethyl adjacent to an activating group) is 1. The lowest BCUT2D eigenvalue weighted by Gasteiger charge is -2.12. The zero-order chi connectivity index (χ0) is 8.97. The maximum absolute atomic E-state index is 12.5. The van der Waals surface area contributed by atoms with Crippen LogP contribution in [0.3, 0.4) is 0 Å². The van der Waals surface area contributed by atoms with E-state index in [-0.39, 0.29) is 18.5 Å². The van der Waals surface area contributed by atoms with Gasteiger partial charge in [0.05, 0.1) is 12.6 Å². The quantitative estimate of drug-likeness (QED) is 0.709. The minimum Gasteiger partial charge on any atom is -0.394 e. The van der Waals surface area contributed by atoms with Gasteiger partial charge in [-0.05, 0) is 24.7 Å². The molecule has 0 aliphatic heterocycles. The molecule has 1 aromatic carbocycles.